The van der Waals surface area contributed by atoms with Crippen LogP contribution in [0.5, 0.6) is 0 Å². The zero-order valence-corrected chi connectivity index (χ0v) is 25.9. The molecule has 4 aromatic heterocycles. The smallest absolute Gasteiger partial charge is 0.227 e. The molecular weight excluding hydrogens is 608 g/mol. The molecule has 7 aromatic carbocycles. The molecule has 6 heteroatoms. The SMILES string of the molecule is c1ccc(-c2nc3c(N(c4ccc5oc6ccccc6c5c4)c4ccc5oc6ccccc6c5c4)c4c(cc3o2)oc2ccccc24)cc1. The second-order valence-electron chi connectivity index (χ2n) is 12.3. The minimum Gasteiger partial charge on any atom is -0.456 e. The van der Waals surface area contributed by atoms with E-state index in [0.29, 0.717) is 17.1 Å². The van der Waals surface area contributed by atoms with Crippen LogP contribution in [0, 0.1) is 0 Å². The standard InChI is InChI=1S/C43H24N2O4/c1-2-10-25(11-3-1)43-44-41-39(49-43)24-38-40(30-14-6-9-17-35(30)48-38)42(41)45(26-18-20-36-31(22-26)28-12-4-7-15-33(28)46-36)27-19-21-37-32(23-27)29-13-5-8-16-34(29)47-37/h1-24H. The van der Waals surface area contributed by atoms with Gasteiger partial charge in [0.15, 0.2) is 5.58 Å². The summed E-state index contributed by atoms with van der Waals surface area (Å²) in [5, 5.41) is 6.11. The number of para-hydroxylation sites is 3. The van der Waals surface area contributed by atoms with Gasteiger partial charge < -0.3 is 22.6 Å². The molecule has 230 valence electrons. The fraction of sp³-hybridized carbons (Fsp3) is 0. The molecule has 11 aromatic rings. The first-order valence-corrected chi connectivity index (χ1v) is 16.2. The first-order chi connectivity index (χ1) is 24.3. The monoisotopic (exact) mass is 632 g/mol. The molecule has 0 saturated carbocycles. The summed E-state index contributed by atoms with van der Waals surface area (Å²) in [6.07, 6.45) is 0. The van der Waals surface area contributed by atoms with Crippen LogP contribution >= 0.6 is 0 Å². The van der Waals surface area contributed by atoms with Crippen LogP contribution in [0.1, 0.15) is 0 Å². The van der Waals surface area contributed by atoms with Gasteiger partial charge in [-0.15, -0.1) is 0 Å². The summed E-state index contributed by atoms with van der Waals surface area (Å²) < 4.78 is 25.6. The summed E-state index contributed by atoms with van der Waals surface area (Å²) in [6, 6.07) is 49.1. The highest BCUT2D eigenvalue weighted by Gasteiger charge is 2.27. The van der Waals surface area contributed by atoms with Crippen molar-refractivity contribution >= 4 is 94.0 Å². The zero-order valence-electron chi connectivity index (χ0n) is 25.9. The van der Waals surface area contributed by atoms with Crippen LogP contribution in [0.25, 0.3) is 88.4 Å². The molecule has 0 bridgehead atoms. The Hall–Kier alpha value is -6.79. The van der Waals surface area contributed by atoms with E-state index in [2.05, 4.69) is 47.4 Å². The number of benzene rings is 7. The molecule has 0 amide bonds. The van der Waals surface area contributed by atoms with E-state index in [1.54, 1.807) is 0 Å². The van der Waals surface area contributed by atoms with Crippen molar-refractivity contribution < 1.29 is 17.7 Å². The number of anilines is 3. The fourth-order valence-corrected chi connectivity index (χ4v) is 7.28. The van der Waals surface area contributed by atoms with Crippen LogP contribution in [0.3, 0.4) is 0 Å². The van der Waals surface area contributed by atoms with Crippen LogP contribution in [-0.2, 0) is 0 Å². The van der Waals surface area contributed by atoms with Crippen LogP contribution in [0.15, 0.2) is 163 Å². The molecule has 4 heterocycles. The molecule has 49 heavy (non-hydrogen) atoms. The Kier molecular flexibility index (Phi) is 5.29. The number of hydrogen-bond donors (Lipinski definition) is 0. The Morgan fingerprint density at radius 2 is 0.898 bits per heavy atom. The molecule has 0 aliphatic carbocycles. The number of aromatic nitrogens is 1. The van der Waals surface area contributed by atoms with Crippen molar-refractivity contribution in [2.75, 3.05) is 4.90 Å². The zero-order chi connectivity index (χ0) is 32.1. The normalized spacial score (nSPS) is 12.1. The van der Waals surface area contributed by atoms with Gasteiger partial charge >= 0.3 is 0 Å². The van der Waals surface area contributed by atoms with Gasteiger partial charge in [0, 0.05) is 49.9 Å². The summed E-state index contributed by atoms with van der Waals surface area (Å²) in [7, 11) is 0. The van der Waals surface area contributed by atoms with Crippen molar-refractivity contribution in [3.05, 3.63) is 146 Å². The maximum absolute atomic E-state index is 6.52. The summed E-state index contributed by atoms with van der Waals surface area (Å²) in [5.41, 5.74) is 9.86. The molecule has 0 unspecified atom stereocenters. The van der Waals surface area contributed by atoms with Gasteiger partial charge in [0.2, 0.25) is 5.89 Å². The third-order valence-corrected chi connectivity index (χ3v) is 9.48. The highest BCUT2D eigenvalue weighted by molar-refractivity contribution is 6.21. The van der Waals surface area contributed by atoms with Crippen LogP contribution in [-0.4, -0.2) is 4.98 Å². The molecule has 0 spiro atoms. The van der Waals surface area contributed by atoms with Gasteiger partial charge in [-0.1, -0.05) is 72.8 Å². The Morgan fingerprint density at radius 1 is 0.388 bits per heavy atom. The molecule has 0 N–H and O–H groups in total. The van der Waals surface area contributed by atoms with E-state index in [4.69, 9.17) is 22.7 Å². The maximum Gasteiger partial charge on any atom is 0.227 e. The van der Waals surface area contributed by atoms with E-state index < -0.39 is 0 Å². The summed E-state index contributed by atoms with van der Waals surface area (Å²) in [5.74, 6) is 0.543. The molecule has 0 radical (unpaired) electrons. The van der Waals surface area contributed by atoms with Gasteiger partial charge in [-0.3, -0.25) is 0 Å². The highest BCUT2D eigenvalue weighted by atomic mass is 16.4. The van der Waals surface area contributed by atoms with E-state index in [1.807, 2.05) is 103 Å². The fourth-order valence-electron chi connectivity index (χ4n) is 7.28. The summed E-state index contributed by atoms with van der Waals surface area (Å²) in [6.45, 7) is 0. The second kappa shape index (κ2) is 9.86. The van der Waals surface area contributed by atoms with E-state index >= 15 is 0 Å². The minimum absolute atomic E-state index is 0.543. The summed E-state index contributed by atoms with van der Waals surface area (Å²) >= 11 is 0. The van der Waals surface area contributed by atoms with Gasteiger partial charge in [-0.25, -0.2) is 4.98 Å². The number of fused-ring (bicyclic) bond motifs is 10. The third kappa shape index (κ3) is 3.85. The van der Waals surface area contributed by atoms with Crippen molar-refractivity contribution in [2.45, 2.75) is 0 Å². The molecule has 0 fully saturated rings. The number of rotatable bonds is 4. The van der Waals surface area contributed by atoms with Gasteiger partial charge in [0.1, 0.15) is 39.0 Å². The number of nitrogens with zero attached hydrogens (tertiary/aromatic N) is 2. The van der Waals surface area contributed by atoms with Crippen molar-refractivity contribution in [1.29, 1.82) is 0 Å². The molecule has 0 aliphatic rings. The lowest BCUT2D eigenvalue weighted by atomic mass is 10.0. The van der Waals surface area contributed by atoms with Crippen molar-refractivity contribution in [3.8, 4) is 11.5 Å². The lowest BCUT2D eigenvalue weighted by molar-refractivity contribution is 0.617. The summed E-state index contributed by atoms with van der Waals surface area (Å²) in [4.78, 5) is 7.48. The quantitative estimate of drug-likeness (QED) is 0.192. The molecular formula is C43H24N2O4. The van der Waals surface area contributed by atoms with Crippen molar-refractivity contribution in [1.82, 2.24) is 4.98 Å². The van der Waals surface area contributed by atoms with Crippen molar-refractivity contribution in [3.63, 3.8) is 0 Å². The average molecular weight is 633 g/mol. The second-order valence-corrected chi connectivity index (χ2v) is 12.3. The first kappa shape index (κ1) is 26.3. The van der Waals surface area contributed by atoms with E-state index in [9.17, 15) is 0 Å². The van der Waals surface area contributed by atoms with Crippen molar-refractivity contribution in [2.24, 2.45) is 0 Å². The number of furan rings is 3. The Labute approximate surface area is 278 Å². The van der Waals surface area contributed by atoms with E-state index in [1.165, 1.54) is 0 Å². The highest BCUT2D eigenvalue weighted by Crippen LogP contribution is 2.49. The van der Waals surface area contributed by atoms with E-state index in [-0.39, 0.29) is 0 Å². The Morgan fingerprint density at radius 3 is 1.53 bits per heavy atom. The Bertz CT molecular complexity index is 2960. The number of oxazole rings is 1. The van der Waals surface area contributed by atoms with Gasteiger partial charge in [0.25, 0.3) is 0 Å². The Balaban J connectivity index is 1.29. The lowest BCUT2D eigenvalue weighted by Gasteiger charge is -2.26. The molecule has 0 atom stereocenters. The van der Waals surface area contributed by atoms with E-state index in [0.717, 1.165) is 88.4 Å². The number of hydrogen-bond acceptors (Lipinski definition) is 6. The first-order valence-electron chi connectivity index (χ1n) is 16.2. The molecule has 11 rings (SSSR count). The molecule has 6 nitrogen and oxygen atoms in total. The van der Waals surface area contributed by atoms with Crippen LogP contribution in [0.2, 0.25) is 0 Å². The largest absolute Gasteiger partial charge is 0.456 e. The predicted molar refractivity (Wildman–Crippen MR) is 196 cm³/mol. The van der Waals surface area contributed by atoms with Gasteiger partial charge in [0.05, 0.1) is 11.1 Å². The van der Waals surface area contributed by atoms with Gasteiger partial charge in [-0.05, 0) is 66.7 Å². The average Bonchev–Trinajstić information content (AvgIpc) is 3.93. The van der Waals surface area contributed by atoms with Crippen LogP contribution in [0.4, 0.5) is 17.1 Å². The molecule has 0 aliphatic heterocycles. The predicted octanol–water partition coefficient (Wildman–Crippen LogP) is 12.7. The van der Waals surface area contributed by atoms with Gasteiger partial charge in [-0.2, -0.15) is 0 Å². The molecule has 0 saturated heterocycles. The minimum atomic E-state index is 0.543. The third-order valence-electron chi connectivity index (χ3n) is 9.48. The van der Waals surface area contributed by atoms with Crippen LogP contribution < -0.4 is 4.90 Å². The maximum atomic E-state index is 6.52. The topological polar surface area (TPSA) is 68.7 Å². The lowest BCUT2D eigenvalue weighted by Crippen LogP contribution is -2.11.